The van der Waals surface area contributed by atoms with E-state index in [9.17, 15) is 4.79 Å². The molecule has 322 valence electrons. The maximum Gasteiger partial charge on any atom is 0.237 e. The first-order chi connectivity index (χ1) is 29.9. The van der Waals surface area contributed by atoms with Gasteiger partial charge in [-0.3, -0.25) is 4.79 Å². The number of carbonyl (C=O) groups is 1. The predicted octanol–water partition coefficient (Wildman–Crippen LogP) is 7.79. The highest BCUT2D eigenvalue weighted by molar-refractivity contribution is 5.82. The number of benzene rings is 5. The lowest BCUT2D eigenvalue weighted by molar-refractivity contribution is -0.293. The summed E-state index contributed by atoms with van der Waals surface area (Å²) in [5.41, 5.74) is 4.99. The van der Waals surface area contributed by atoms with Gasteiger partial charge in [-0.05, 0) is 34.2 Å². The fourth-order valence-corrected chi connectivity index (χ4v) is 7.53. The lowest BCUT2D eigenvalue weighted by Gasteiger charge is -2.46. The molecular weight excluding hydrogens is 769 g/mol. The second-order valence-electron chi connectivity index (χ2n) is 16.6. The van der Waals surface area contributed by atoms with E-state index in [2.05, 4.69) is 24.5 Å². The molecule has 0 radical (unpaired) electrons. The van der Waals surface area contributed by atoms with Crippen molar-refractivity contribution in [1.29, 1.82) is 0 Å². The molecule has 2 aliphatic heterocycles. The summed E-state index contributed by atoms with van der Waals surface area (Å²) in [6, 6.07) is 48.6. The lowest BCUT2D eigenvalue weighted by atomic mass is 9.95. The fraction of sp³-hybridized carbons (Fsp3) is 0.392. The minimum Gasteiger partial charge on any atom is -0.374 e. The second-order valence-corrected chi connectivity index (χ2v) is 16.6. The maximum absolute atomic E-state index is 14.9. The summed E-state index contributed by atoms with van der Waals surface area (Å²) in [5.74, 6) is -0.216. The van der Waals surface area contributed by atoms with Crippen LogP contribution in [-0.4, -0.2) is 75.2 Å². The van der Waals surface area contributed by atoms with Crippen molar-refractivity contribution in [3.8, 4) is 0 Å². The normalized spacial score (nSPS) is 22.0. The van der Waals surface area contributed by atoms with Gasteiger partial charge in [0.25, 0.3) is 0 Å². The third-order valence-electron chi connectivity index (χ3n) is 10.9. The molecule has 7 rings (SSSR count). The van der Waals surface area contributed by atoms with E-state index >= 15 is 0 Å². The van der Waals surface area contributed by atoms with Crippen LogP contribution in [0.15, 0.2) is 152 Å². The molecular formula is C51H60N2O8. The highest BCUT2D eigenvalue weighted by Gasteiger charge is 2.49. The van der Waals surface area contributed by atoms with E-state index in [1.165, 1.54) is 0 Å². The molecule has 0 aliphatic carbocycles. The monoisotopic (exact) mass is 828 g/mol. The third-order valence-corrected chi connectivity index (χ3v) is 10.9. The van der Waals surface area contributed by atoms with Gasteiger partial charge in [0.1, 0.15) is 24.4 Å². The van der Waals surface area contributed by atoms with Crippen molar-refractivity contribution in [3.63, 3.8) is 0 Å². The average molecular weight is 829 g/mol. The van der Waals surface area contributed by atoms with Crippen LogP contribution in [0.25, 0.3) is 0 Å². The SMILES string of the molecule is CC1(C)COC(CCN[C@@H](Cc2ccccc2)C(=O)N[C@H]2[C@@H](OCc3ccccc3)O[C@H](COCc3ccccc3)[C@@H](OCc3ccccc3)[C@@H]2OCc2ccccc2)OC1. The summed E-state index contributed by atoms with van der Waals surface area (Å²) in [6.45, 7) is 7.40. The van der Waals surface area contributed by atoms with E-state index in [1.807, 2.05) is 152 Å². The Morgan fingerprint density at radius 3 is 1.61 bits per heavy atom. The van der Waals surface area contributed by atoms with Crippen LogP contribution in [0.4, 0.5) is 0 Å². The van der Waals surface area contributed by atoms with Crippen molar-refractivity contribution < 1.29 is 38.0 Å². The van der Waals surface area contributed by atoms with Crippen LogP contribution in [0.1, 0.15) is 48.1 Å². The molecule has 2 N–H and O–H groups in total. The van der Waals surface area contributed by atoms with Gasteiger partial charge < -0.3 is 43.8 Å². The Kier molecular flexibility index (Phi) is 16.6. The van der Waals surface area contributed by atoms with Crippen molar-refractivity contribution in [3.05, 3.63) is 179 Å². The van der Waals surface area contributed by atoms with E-state index in [-0.39, 0.29) is 37.4 Å². The van der Waals surface area contributed by atoms with Crippen LogP contribution in [0.3, 0.4) is 0 Å². The van der Waals surface area contributed by atoms with Crippen LogP contribution >= 0.6 is 0 Å². The van der Waals surface area contributed by atoms with Gasteiger partial charge in [0.15, 0.2) is 12.6 Å². The molecule has 1 amide bonds. The molecule has 0 bridgehead atoms. The van der Waals surface area contributed by atoms with Crippen LogP contribution in [0.2, 0.25) is 0 Å². The van der Waals surface area contributed by atoms with E-state index in [0.29, 0.717) is 45.8 Å². The fourth-order valence-electron chi connectivity index (χ4n) is 7.53. The Morgan fingerprint density at radius 1 is 0.623 bits per heavy atom. The molecule has 10 heteroatoms. The zero-order valence-electron chi connectivity index (χ0n) is 35.3. The Bertz CT molecular complexity index is 1980. The van der Waals surface area contributed by atoms with Crippen molar-refractivity contribution in [2.24, 2.45) is 5.41 Å². The van der Waals surface area contributed by atoms with Gasteiger partial charge in [-0.1, -0.05) is 166 Å². The van der Waals surface area contributed by atoms with Gasteiger partial charge >= 0.3 is 0 Å². The molecule has 2 saturated heterocycles. The molecule has 5 aromatic rings. The van der Waals surface area contributed by atoms with Crippen molar-refractivity contribution in [2.75, 3.05) is 26.4 Å². The molecule has 2 aliphatic rings. The number of nitrogens with one attached hydrogen (secondary N) is 2. The van der Waals surface area contributed by atoms with Gasteiger partial charge in [0.2, 0.25) is 5.91 Å². The van der Waals surface area contributed by atoms with E-state index in [1.54, 1.807) is 0 Å². The quantitative estimate of drug-likeness (QED) is 0.0768. The largest absolute Gasteiger partial charge is 0.374 e. The van der Waals surface area contributed by atoms with Gasteiger partial charge in [0, 0.05) is 18.4 Å². The maximum atomic E-state index is 14.9. The number of carbonyl (C=O) groups excluding carboxylic acids is 1. The Morgan fingerprint density at radius 2 is 1.08 bits per heavy atom. The van der Waals surface area contributed by atoms with E-state index in [0.717, 1.165) is 27.8 Å². The Balaban J connectivity index is 1.18. The van der Waals surface area contributed by atoms with Gasteiger partial charge in [-0.2, -0.15) is 0 Å². The standard InChI is InChI=1S/C51H60N2O8/c1-51(2)36-59-45(60-37-51)28-29-52-43(30-38-18-8-3-9-19-38)49(54)53-46-48(57-33-41-24-14-6-15-25-41)47(56-32-40-22-12-5-13-23-40)44(35-55-31-39-20-10-4-11-21-39)61-50(46)58-34-42-26-16-7-17-27-42/h3-27,43-48,50,52H,28-37H2,1-2H3,(H,53,54)/t43-,44+,46+,47+,48+,50-/m0/s1. The van der Waals surface area contributed by atoms with Crippen molar-refractivity contribution >= 4 is 5.91 Å². The second kappa shape index (κ2) is 22.9. The summed E-state index contributed by atoms with van der Waals surface area (Å²) in [6.07, 6.45) is -2.20. The highest BCUT2D eigenvalue weighted by atomic mass is 16.7. The molecule has 0 unspecified atom stereocenters. The van der Waals surface area contributed by atoms with Gasteiger partial charge in [-0.25, -0.2) is 0 Å². The Labute approximate surface area is 360 Å². The first-order valence-corrected chi connectivity index (χ1v) is 21.4. The molecule has 0 saturated carbocycles. The van der Waals surface area contributed by atoms with Crippen LogP contribution in [0, 0.1) is 5.41 Å². The van der Waals surface area contributed by atoms with Crippen molar-refractivity contribution in [2.45, 2.75) is 96.1 Å². The van der Waals surface area contributed by atoms with Crippen molar-refractivity contribution in [1.82, 2.24) is 10.6 Å². The van der Waals surface area contributed by atoms with Crippen LogP contribution in [-0.2, 0) is 70.8 Å². The van der Waals surface area contributed by atoms with Crippen LogP contribution < -0.4 is 10.6 Å². The summed E-state index contributed by atoms with van der Waals surface area (Å²) < 4.78 is 45.7. The van der Waals surface area contributed by atoms with Crippen LogP contribution in [0.5, 0.6) is 0 Å². The lowest BCUT2D eigenvalue weighted by Crippen LogP contribution is -2.67. The first-order valence-electron chi connectivity index (χ1n) is 21.4. The Hall–Kier alpha value is -4.75. The number of hydrogen-bond acceptors (Lipinski definition) is 9. The topological polar surface area (TPSA) is 106 Å². The number of hydrogen-bond donors (Lipinski definition) is 2. The van der Waals surface area contributed by atoms with Gasteiger partial charge in [0.05, 0.1) is 52.3 Å². The van der Waals surface area contributed by atoms with E-state index < -0.39 is 36.7 Å². The summed E-state index contributed by atoms with van der Waals surface area (Å²) >= 11 is 0. The summed E-state index contributed by atoms with van der Waals surface area (Å²) in [4.78, 5) is 14.9. The molecule has 2 heterocycles. The summed E-state index contributed by atoms with van der Waals surface area (Å²) in [7, 11) is 0. The predicted molar refractivity (Wildman–Crippen MR) is 234 cm³/mol. The third kappa shape index (κ3) is 13.9. The summed E-state index contributed by atoms with van der Waals surface area (Å²) in [5, 5.41) is 6.92. The average Bonchev–Trinajstić information content (AvgIpc) is 3.29. The van der Waals surface area contributed by atoms with E-state index in [4.69, 9.17) is 33.2 Å². The zero-order chi connectivity index (χ0) is 42.1. The zero-order valence-corrected chi connectivity index (χ0v) is 35.3. The minimum absolute atomic E-state index is 0.0321. The molecule has 5 aromatic carbocycles. The van der Waals surface area contributed by atoms with Gasteiger partial charge in [-0.15, -0.1) is 0 Å². The number of amides is 1. The molecule has 0 spiro atoms. The molecule has 0 aromatic heterocycles. The first kappa shape index (κ1) is 44.3. The highest BCUT2D eigenvalue weighted by Crippen LogP contribution is 2.30. The number of ether oxygens (including phenoxy) is 7. The molecule has 2 fully saturated rings. The minimum atomic E-state index is -0.920. The molecule has 6 atom stereocenters. The number of rotatable bonds is 21. The smallest absolute Gasteiger partial charge is 0.237 e. The molecule has 10 nitrogen and oxygen atoms in total. The molecule has 61 heavy (non-hydrogen) atoms.